The van der Waals surface area contributed by atoms with Gasteiger partial charge in [-0.1, -0.05) is 103 Å². The van der Waals surface area contributed by atoms with Crippen LogP contribution in [-0.2, 0) is 0 Å². The Balaban J connectivity index is 1.39. The van der Waals surface area contributed by atoms with E-state index in [4.69, 9.17) is 0 Å². The van der Waals surface area contributed by atoms with Crippen molar-refractivity contribution in [3.05, 3.63) is 146 Å². The number of nitrogens with zero attached hydrogens (tertiary/aromatic N) is 2. The highest BCUT2D eigenvalue weighted by Crippen LogP contribution is 2.51. The minimum atomic E-state index is 1.15. The minimum absolute atomic E-state index is 1.15. The number of aromatic nitrogens is 2. The van der Waals surface area contributed by atoms with Crippen LogP contribution in [-0.4, -0.2) is 9.55 Å². The van der Waals surface area contributed by atoms with Gasteiger partial charge in [0.15, 0.2) is 0 Å². The van der Waals surface area contributed by atoms with Crippen molar-refractivity contribution in [1.29, 1.82) is 0 Å². The lowest BCUT2D eigenvalue weighted by Crippen LogP contribution is -1.94. The van der Waals surface area contributed by atoms with Gasteiger partial charge in [0.2, 0.25) is 0 Å². The van der Waals surface area contributed by atoms with Gasteiger partial charge in [0.25, 0.3) is 0 Å². The van der Waals surface area contributed by atoms with Gasteiger partial charge in [0, 0.05) is 40.0 Å². The maximum Gasteiger partial charge on any atom is 0.0547 e. The number of para-hydroxylation sites is 1. The summed E-state index contributed by atoms with van der Waals surface area (Å²) in [5, 5.41) is 5.08. The molecule has 41 heavy (non-hydrogen) atoms. The van der Waals surface area contributed by atoms with Crippen LogP contribution < -0.4 is 0 Å². The first-order valence-corrected chi connectivity index (χ1v) is 14.1. The van der Waals surface area contributed by atoms with Crippen LogP contribution in [0.2, 0.25) is 0 Å². The fourth-order valence-corrected chi connectivity index (χ4v) is 6.89. The SMILES string of the molecule is c1ccc(-c2ccc(-n3c4ccccc4c4c5c(ccc43)-c3cccc4cccc(c34)-c3ccncc3-5)cc2)cc1. The average Bonchev–Trinajstić information content (AvgIpc) is 3.32. The van der Waals surface area contributed by atoms with E-state index in [9.17, 15) is 0 Å². The van der Waals surface area contributed by atoms with Crippen molar-refractivity contribution in [2.75, 3.05) is 0 Å². The molecule has 190 valence electrons. The summed E-state index contributed by atoms with van der Waals surface area (Å²) in [5.41, 5.74) is 13.5. The molecule has 0 aliphatic heterocycles. The fourth-order valence-electron chi connectivity index (χ4n) is 6.89. The lowest BCUT2D eigenvalue weighted by molar-refractivity contribution is 1.18. The summed E-state index contributed by atoms with van der Waals surface area (Å²) in [6.07, 6.45) is 3.97. The van der Waals surface area contributed by atoms with E-state index in [1.54, 1.807) is 0 Å². The lowest BCUT2D eigenvalue weighted by atomic mass is 9.91. The molecule has 0 amide bonds. The van der Waals surface area contributed by atoms with Crippen LogP contribution >= 0.6 is 0 Å². The molecule has 0 N–H and O–H groups in total. The molecular weight excluding hydrogens is 496 g/mol. The minimum Gasteiger partial charge on any atom is -0.309 e. The maximum absolute atomic E-state index is 4.65. The Kier molecular flexibility index (Phi) is 4.64. The third-order valence-electron chi connectivity index (χ3n) is 8.65. The van der Waals surface area contributed by atoms with Crippen LogP contribution in [0.4, 0.5) is 0 Å². The van der Waals surface area contributed by atoms with Gasteiger partial charge in [-0.3, -0.25) is 4.98 Å². The molecule has 0 radical (unpaired) electrons. The Bertz CT molecular complexity index is 2290. The molecule has 2 heterocycles. The molecule has 1 aliphatic carbocycles. The highest BCUT2D eigenvalue weighted by Gasteiger charge is 2.26. The number of benzene rings is 6. The molecule has 1 aliphatic rings. The zero-order valence-electron chi connectivity index (χ0n) is 22.3. The third kappa shape index (κ3) is 3.16. The van der Waals surface area contributed by atoms with Gasteiger partial charge in [-0.2, -0.15) is 0 Å². The molecule has 6 aromatic carbocycles. The molecule has 8 aromatic rings. The van der Waals surface area contributed by atoms with Crippen LogP contribution in [0, 0.1) is 0 Å². The van der Waals surface area contributed by atoms with Gasteiger partial charge in [-0.25, -0.2) is 0 Å². The lowest BCUT2D eigenvalue weighted by Gasteiger charge is -2.14. The van der Waals surface area contributed by atoms with Gasteiger partial charge >= 0.3 is 0 Å². The summed E-state index contributed by atoms with van der Waals surface area (Å²) < 4.78 is 2.41. The summed E-state index contributed by atoms with van der Waals surface area (Å²) in [6, 6.07) is 48.4. The number of pyridine rings is 1. The van der Waals surface area contributed by atoms with E-state index in [2.05, 4.69) is 149 Å². The van der Waals surface area contributed by atoms with Gasteiger partial charge in [0.05, 0.1) is 11.0 Å². The molecule has 0 bridgehead atoms. The third-order valence-corrected chi connectivity index (χ3v) is 8.65. The largest absolute Gasteiger partial charge is 0.309 e. The first kappa shape index (κ1) is 22.4. The van der Waals surface area contributed by atoms with Crippen LogP contribution in [0.25, 0.3) is 82.8 Å². The number of hydrogen-bond donors (Lipinski definition) is 0. The Morgan fingerprint density at radius 2 is 1.17 bits per heavy atom. The normalized spacial score (nSPS) is 11.9. The van der Waals surface area contributed by atoms with E-state index in [1.807, 2.05) is 6.20 Å². The molecule has 2 heteroatoms. The Morgan fingerprint density at radius 1 is 0.439 bits per heavy atom. The summed E-state index contributed by atoms with van der Waals surface area (Å²) in [6.45, 7) is 0. The maximum atomic E-state index is 4.65. The quantitative estimate of drug-likeness (QED) is 0.222. The summed E-state index contributed by atoms with van der Waals surface area (Å²) in [5.74, 6) is 0. The van der Waals surface area contributed by atoms with E-state index in [1.165, 1.54) is 77.1 Å². The standard InChI is InChI=1S/C39H24N2/c1-2-8-25(9-3-1)26-16-18-28(19-17-26)41-35-15-5-4-12-33(35)39-36(41)21-20-32-31-14-7-11-27-10-6-13-30(37(27)31)29-22-23-40-24-34(29)38(32)39/h1-24H. The predicted octanol–water partition coefficient (Wildman–Crippen LogP) is 10.3. The number of fused-ring (bicyclic) bond motifs is 9. The molecule has 2 aromatic heterocycles. The van der Waals surface area contributed by atoms with Gasteiger partial charge in [0.1, 0.15) is 0 Å². The monoisotopic (exact) mass is 520 g/mol. The molecular formula is C39H24N2. The summed E-state index contributed by atoms with van der Waals surface area (Å²) in [7, 11) is 0. The highest BCUT2D eigenvalue weighted by atomic mass is 15.0. The van der Waals surface area contributed by atoms with E-state index >= 15 is 0 Å². The van der Waals surface area contributed by atoms with Crippen molar-refractivity contribution in [3.8, 4) is 50.2 Å². The first-order chi connectivity index (χ1) is 20.4. The Labute approximate surface area is 237 Å². The number of hydrogen-bond acceptors (Lipinski definition) is 1. The van der Waals surface area contributed by atoms with Crippen molar-refractivity contribution in [3.63, 3.8) is 0 Å². The number of rotatable bonds is 2. The molecule has 0 saturated carbocycles. The predicted molar refractivity (Wildman–Crippen MR) is 171 cm³/mol. The average molecular weight is 521 g/mol. The van der Waals surface area contributed by atoms with Crippen LogP contribution in [0.5, 0.6) is 0 Å². The van der Waals surface area contributed by atoms with Crippen molar-refractivity contribution in [2.45, 2.75) is 0 Å². The molecule has 0 fully saturated rings. The van der Waals surface area contributed by atoms with Gasteiger partial charge in [-0.05, 0) is 74.5 Å². The van der Waals surface area contributed by atoms with Gasteiger partial charge in [-0.15, -0.1) is 0 Å². The van der Waals surface area contributed by atoms with Crippen molar-refractivity contribution in [2.24, 2.45) is 0 Å². The fraction of sp³-hybridized carbons (Fsp3) is 0. The molecule has 0 unspecified atom stereocenters. The Morgan fingerprint density at radius 3 is 2.00 bits per heavy atom. The van der Waals surface area contributed by atoms with Crippen LogP contribution in [0.15, 0.2) is 146 Å². The van der Waals surface area contributed by atoms with E-state index < -0.39 is 0 Å². The van der Waals surface area contributed by atoms with E-state index in [-0.39, 0.29) is 0 Å². The first-order valence-electron chi connectivity index (χ1n) is 14.1. The second-order valence-electron chi connectivity index (χ2n) is 10.8. The summed E-state index contributed by atoms with van der Waals surface area (Å²) >= 11 is 0. The summed E-state index contributed by atoms with van der Waals surface area (Å²) in [4.78, 5) is 4.65. The van der Waals surface area contributed by atoms with E-state index in [0.29, 0.717) is 0 Å². The highest BCUT2D eigenvalue weighted by molar-refractivity contribution is 6.23. The Hall–Kier alpha value is -5.47. The zero-order valence-corrected chi connectivity index (χ0v) is 22.3. The van der Waals surface area contributed by atoms with Crippen LogP contribution in [0.1, 0.15) is 0 Å². The molecule has 9 rings (SSSR count). The van der Waals surface area contributed by atoms with Crippen molar-refractivity contribution in [1.82, 2.24) is 9.55 Å². The molecule has 2 nitrogen and oxygen atoms in total. The van der Waals surface area contributed by atoms with Crippen molar-refractivity contribution >= 4 is 32.6 Å². The van der Waals surface area contributed by atoms with E-state index in [0.717, 1.165) is 5.69 Å². The van der Waals surface area contributed by atoms with Gasteiger partial charge < -0.3 is 4.57 Å². The molecule has 0 spiro atoms. The molecule has 0 saturated heterocycles. The van der Waals surface area contributed by atoms with Crippen LogP contribution in [0.3, 0.4) is 0 Å². The van der Waals surface area contributed by atoms with Crippen molar-refractivity contribution < 1.29 is 0 Å². The topological polar surface area (TPSA) is 17.8 Å². The second-order valence-corrected chi connectivity index (χ2v) is 10.8. The second kappa shape index (κ2) is 8.51. The molecule has 0 atom stereocenters. The smallest absolute Gasteiger partial charge is 0.0547 e. The zero-order chi connectivity index (χ0) is 26.9.